The van der Waals surface area contributed by atoms with Gasteiger partial charge >= 0.3 is 0 Å². The lowest BCUT2D eigenvalue weighted by Crippen LogP contribution is -2.22. The largest absolute Gasteiger partial charge is 0.493 e. The monoisotopic (exact) mass is 413 g/mol. The van der Waals surface area contributed by atoms with Gasteiger partial charge in [-0.05, 0) is 48.9 Å². The van der Waals surface area contributed by atoms with Crippen molar-refractivity contribution in [3.8, 4) is 11.5 Å². The first-order valence-electron chi connectivity index (χ1n) is 9.03. The minimum atomic E-state index is -1.23. The Bertz CT molecular complexity index is 1010. The number of benzene rings is 2. The molecule has 3 rings (SSSR count). The maximum atomic E-state index is 12.5. The topological polar surface area (TPSA) is 77.8 Å². The fraction of sp³-hybridized carbons (Fsp3) is 0.227. The number of amides is 1. The molecule has 0 aliphatic heterocycles. The number of nitrogens with one attached hydrogen (secondary N) is 1. The summed E-state index contributed by atoms with van der Waals surface area (Å²) in [4.78, 5) is 13.1. The van der Waals surface area contributed by atoms with E-state index in [1.807, 2.05) is 37.3 Å². The standard InChI is InChI=1S/C22H23NO5S/c1-15-4-8-18(9-5-15)29(25)14-17-7-11-20(28-17)22(24)23-13-16-6-10-19(26-2)21(12-16)27-3/h4-12H,13-14H2,1-3H3,(H,23,24)/t29-/m0/s1. The van der Waals surface area contributed by atoms with Crippen molar-refractivity contribution in [3.05, 3.63) is 77.2 Å². The molecule has 29 heavy (non-hydrogen) atoms. The summed E-state index contributed by atoms with van der Waals surface area (Å²) < 4.78 is 28.5. The van der Waals surface area contributed by atoms with Crippen molar-refractivity contribution in [1.29, 1.82) is 0 Å². The van der Waals surface area contributed by atoms with Gasteiger partial charge in [-0.2, -0.15) is 0 Å². The lowest BCUT2D eigenvalue weighted by molar-refractivity contribution is 0.0921. The van der Waals surface area contributed by atoms with Crippen LogP contribution < -0.4 is 14.8 Å². The number of rotatable bonds is 8. The van der Waals surface area contributed by atoms with E-state index in [1.165, 1.54) is 0 Å². The summed E-state index contributed by atoms with van der Waals surface area (Å²) in [5, 5.41) is 2.80. The number of furan rings is 1. The van der Waals surface area contributed by atoms with Gasteiger partial charge in [0, 0.05) is 11.4 Å². The summed E-state index contributed by atoms with van der Waals surface area (Å²) in [5.74, 6) is 1.78. The van der Waals surface area contributed by atoms with Gasteiger partial charge in [0.2, 0.25) is 0 Å². The first-order valence-corrected chi connectivity index (χ1v) is 10.3. The fourth-order valence-electron chi connectivity index (χ4n) is 2.74. The van der Waals surface area contributed by atoms with Crippen molar-refractivity contribution < 1.29 is 22.9 Å². The second kappa shape index (κ2) is 9.43. The van der Waals surface area contributed by atoms with E-state index in [-0.39, 0.29) is 17.4 Å². The molecule has 1 heterocycles. The van der Waals surface area contributed by atoms with Crippen molar-refractivity contribution in [1.82, 2.24) is 5.32 Å². The van der Waals surface area contributed by atoms with Crippen molar-refractivity contribution in [3.63, 3.8) is 0 Å². The number of hydrogen-bond acceptors (Lipinski definition) is 5. The third-order valence-corrected chi connectivity index (χ3v) is 5.69. The summed E-state index contributed by atoms with van der Waals surface area (Å²) in [6, 6.07) is 16.2. The summed E-state index contributed by atoms with van der Waals surface area (Å²) in [7, 11) is 1.90. The highest BCUT2D eigenvalue weighted by Crippen LogP contribution is 2.27. The smallest absolute Gasteiger partial charge is 0.287 e. The molecule has 7 heteroatoms. The fourth-order valence-corrected chi connectivity index (χ4v) is 3.76. The average molecular weight is 413 g/mol. The molecule has 0 radical (unpaired) electrons. The normalized spacial score (nSPS) is 11.7. The Hall–Kier alpha value is -3.06. The van der Waals surface area contributed by atoms with Crippen LogP contribution in [-0.2, 0) is 23.1 Å². The van der Waals surface area contributed by atoms with Crippen LogP contribution in [0.25, 0.3) is 0 Å². The van der Waals surface area contributed by atoms with Gasteiger partial charge in [0.25, 0.3) is 5.91 Å². The van der Waals surface area contributed by atoms with Gasteiger partial charge in [-0.25, -0.2) is 0 Å². The summed E-state index contributed by atoms with van der Waals surface area (Å²) in [6.45, 7) is 2.29. The van der Waals surface area contributed by atoms with Crippen LogP contribution in [0.4, 0.5) is 0 Å². The van der Waals surface area contributed by atoms with Gasteiger partial charge in [-0.1, -0.05) is 23.8 Å². The van der Waals surface area contributed by atoms with Gasteiger partial charge < -0.3 is 19.2 Å². The molecule has 152 valence electrons. The number of aryl methyl sites for hydroxylation is 1. The van der Waals surface area contributed by atoms with Crippen LogP contribution >= 0.6 is 0 Å². The van der Waals surface area contributed by atoms with Crippen LogP contribution in [0, 0.1) is 6.92 Å². The molecule has 1 aromatic heterocycles. The van der Waals surface area contributed by atoms with Gasteiger partial charge in [-0.15, -0.1) is 0 Å². The highest BCUT2D eigenvalue weighted by Gasteiger charge is 2.14. The Morgan fingerprint density at radius 1 is 1.00 bits per heavy atom. The minimum Gasteiger partial charge on any atom is -0.493 e. The van der Waals surface area contributed by atoms with Crippen LogP contribution in [-0.4, -0.2) is 24.3 Å². The minimum absolute atomic E-state index is 0.182. The third kappa shape index (κ3) is 5.26. The second-order valence-electron chi connectivity index (χ2n) is 6.44. The Kier molecular flexibility index (Phi) is 6.72. The van der Waals surface area contributed by atoms with E-state index >= 15 is 0 Å². The predicted octanol–water partition coefficient (Wildman–Crippen LogP) is 3.84. The Labute approximate surface area is 172 Å². The van der Waals surface area contributed by atoms with Crippen LogP contribution in [0.1, 0.15) is 27.4 Å². The zero-order chi connectivity index (χ0) is 20.8. The molecule has 0 unspecified atom stereocenters. The molecular weight excluding hydrogens is 390 g/mol. The lowest BCUT2D eigenvalue weighted by atomic mass is 10.2. The molecule has 0 aliphatic rings. The van der Waals surface area contributed by atoms with Crippen molar-refractivity contribution in [2.45, 2.75) is 24.1 Å². The highest BCUT2D eigenvalue weighted by atomic mass is 32.2. The molecule has 0 saturated carbocycles. The predicted molar refractivity (Wildman–Crippen MR) is 111 cm³/mol. The second-order valence-corrected chi connectivity index (χ2v) is 7.89. The van der Waals surface area contributed by atoms with E-state index in [1.54, 1.807) is 38.5 Å². The van der Waals surface area contributed by atoms with Crippen molar-refractivity contribution >= 4 is 16.7 Å². The maximum absolute atomic E-state index is 12.5. The van der Waals surface area contributed by atoms with Crippen LogP contribution in [0.2, 0.25) is 0 Å². The maximum Gasteiger partial charge on any atom is 0.287 e. The molecule has 1 amide bonds. The van der Waals surface area contributed by atoms with Crippen LogP contribution in [0.5, 0.6) is 11.5 Å². The molecule has 0 bridgehead atoms. The molecule has 1 atom stereocenters. The molecule has 1 N–H and O–H groups in total. The number of hydrogen-bond donors (Lipinski definition) is 1. The van der Waals surface area contributed by atoms with E-state index < -0.39 is 10.8 Å². The molecule has 3 aromatic rings. The average Bonchev–Trinajstić information content (AvgIpc) is 3.20. The van der Waals surface area contributed by atoms with E-state index in [9.17, 15) is 9.00 Å². The number of methoxy groups -OCH3 is 2. The van der Waals surface area contributed by atoms with E-state index in [4.69, 9.17) is 13.9 Å². The van der Waals surface area contributed by atoms with E-state index in [2.05, 4.69) is 5.32 Å². The Balaban J connectivity index is 1.59. The zero-order valence-corrected chi connectivity index (χ0v) is 17.4. The van der Waals surface area contributed by atoms with Crippen molar-refractivity contribution in [2.75, 3.05) is 14.2 Å². The number of ether oxygens (including phenoxy) is 2. The number of carbonyl (C=O) groups excluding carboxylic acids is 1. The van der Waals surface area contributed by atoms with Crippen molar-refractivity contribution in [2.24, 2.45) is 0 Å². The Morgan fingerprint density at radius 2 is 1.72 bits per heavy atom. The molecular formula is C22H23NO5S. The molecule has 0 spiro atoms. The molecule has 2 aromatic carbocycles. The first kappa shape index (κ1) is 20.7. The summed E-state index contributed by atoms with van der Waals surface area (Å²) in [5.41, 5.74) is 1.97. The van der Waals surface area contributed by atoms with Crippen LogP contribution in [0.3, 0.4) is 0 Å². The van der Waals surface area contributed by atoms with E-state index in [0.717, 1.165) is 16.0 Å². The molecule has 0 saturated heterocycles. The highest BCUT2D eigenvalue weighted by molar-refractivity contribution is 7.84. The summed E-state index contributed by atoms with van der Waals surface area (Å²) in [6.07, 6.45) is 0. The lowest BCUT2D eigenvalue weighted by Gasteiger charge is -2.10. The van der Waals surface area contributed by atoms with Gasteiger partial charge in [-0.3, -0.25) is 9.00 Å². The number of carbonyl (C=O) groups is 1. The van der Waals surface area contributed by atoms with Gasteiger partial charge in [0.1, 0.15) is 5.76 Å². The molecule has 0 fully saturated rings. The third-order valence-electron chi connectivity index (χ3n) is 4.34. The van der Waals surface area contributed by atoms with Gasteiger partial charge in [0.05, 0.1) is 30.8 Å². The SMILES string of the molecule is COc1ccc(CNC(=O)c2ccc(C[S@](=O)c3ccc(C)cc3)o2)cc1OC. The summed E-state index contributed by atoms with van der Waals surface area (Å²) >= 11 is 0. The van der Waals surface area contributed by atoms with Gasteiger partial charge in [0.15, 0.2) is 17.3 Å². The molecule has 0 aliphatic carbocycles. The van der Waals surface area contributed by atoms with Crippen LogP contribution in [0.15, 0.2) is 63.9 Å². The molecule has 6 nitrogen and oxygen atoms in total. The van der Waals surface area contributed by atoms with E-state index in [0.29, 0.717) is 23.8 Å². The quantitative estimate of drug-likeness (QED) is 0.607. The zero-order valence-electron chi connectivity index (χ0n) is 16.6. The Morgan fingerprint density at radius 3 is 2.41 bits per heavy atom. The first-order chi connectivity index (χ1) is 14.0.